The summed E-state index contributed by atoms with van der Waals surface area (Å²) in [5.41, 5.74) is 0.648. The molecule has 1 rings (SSSR count). The summed E-state index contributed by atoms with van der Waals surface area (Å²) >= 11 is 3.12. The van der Waals surface area contributed by atoms with E-state index in [0.717, 1.165) is 0 Å². The molecule has 0 saturated carbocycles. The van der Waals surface area contributed by atoms with E-state index in [-0.39, 0.29) is 5.75 Å². The van der Waals surface area contributed by atoms with Crippen LogP contribution in [0.15, 0.2) is 22.7 Å². The van der Waals surface area contributed by atoms with E-state index in [1.165, 1.54) is 6.07 Å². The van der Waals surface area contributed by atoms with Crippen molar-refractivity contribution in [2.45, 2.75) is 18.9 Å². The third-order valence-corrected chi connectivity index (χ3v) is 2.86. The summed E-state index contributed by atoms with van der Waals surface area (Å²) in [6.07, 6.45) is -1.44. The van der Waals surface area contributed by atoms with Gasteiger partial charge in [0.1, 0.15) is 5.75 Å². The number of benzene rings is 1. The monoisotopic (exact) mass is 274 g/mol. The summed E-state index contributed by atoms with van der Waals surface area (Å²) in [7, 11) is 0. The van der Waals surface area contributed by atoms with Crippen molar-refractivity contribution in [2.75, 3.05) is 0 Å². The smallest absolute Gasteiger partial charge is 0.333 e. The minimum absolute atomic E-state index is 0.0794. The van der Waals surface area contributed by atoms with E-state index < -0.39 is 18.0 Å². The van der Waals surface area contributed by atoms with Gasteiger partial charge in [0.2, 0.25) is 0 Å². The molecule has 0 aliphatic heterocycles. The number of carboxylic acids is 1. The quantitative estimate of drug-likeness (QED) is 0.784. The van der Waals surface area contributed by atoms with Crippen molar-refractivity contribution < 1.29 is 20.1 Å². The highest BCUT2D eigenvalue weighted by atomic mass is 79.9. The Bertz CT molecular complexity index is 378. The number of phenols is 1. The largest absolute Gasteiger partial charge is 0.507 e. The molecule has 0 heterocycles. The Labute approximate surface area is 95.3 Å². The molecule has 5 heteroatoms. The summed E-state index contributed by atoms with van der Waals surface area (Å²) in [5.74, 6) is -1.71. The molecule has 0 saturated heterocycles. The van der Waals surface area contributed by atoms with Gasteiger partial charge in [-0.15, -0.1) is 0 Å². The lowest BCUT2D eigenvalue weighted by Gasteiger charge is -2.15. The molecule has 0 radical (unpaired) electrons. The van der Waals surface area contributed by atoms with Crippen molar-refractivity contribution in [1.82, 2.24) is 0 Å². The van der Waals surface area contributed by atoms with Gasteiger partial charge in [-0.1, -0.05) is 13.0 Å². The van der Waals surface area contributed by atoms with Crippen LogP contribution in [-0.2, 0) is 4.79 Å². The van der Waals surface area contributed by atoms with Crippen LogP contribution in [0.1, 0.15) is 18.4 Å². The van der Waals surface area contributed by atoms with E-state index in [9.17, 15) is 15.0 Å². The van der Waals surface area contributed by atoms with Crippen LogP contribution in [-0.4, -0.2) is 27.4 Å². The number of carbonyl (C=O) groups is 1. The number of aromatic hydroxyl groups is 1. The van der Waals surface area contributed by atoms with Crippen molar-refractivity contribution in [1.29, 1.82) is 0 Å². The van der Waals surface area contributed by atoms with Gasteiger partial charge in [0.15, 0.2) is 6.10 Å². The van der Waals surface area contributed by atoms with Crippen LogP contribution < -0.4 is 0 Å². The maximum Gasteiger partial charge on any atom is 0.333 e. The molecule has 15 heavy (non-hydrogen) atoms. The average Bonchev–Trinajstić information content (AvgIpc) is 2.19. The average molecular weight is 275 g/mol. The zero-order chi connectivity index (χ0) is 11.6. The standard InChI is InChI=1S/C10H11BrO4/c1-5(9(13)10(14)15)6-2-3-8(12)7(11)4-6/h2-5,9,12-13H,1H3,(H,14,15). The molecule has 0 aliphatic rings. The van der Waals surface area contributed by atoms with Crippen LogP contribution in [0, 0.1) is 0 Å². The zero-order valence-electron chi connectivity index (χ0n) is 8.01. The summed E-state index contributed by atoms with van der Waals surface area (Å²) in [5, 5.41) is 27.2. The van der Waals surface area contributed by atoms with Crippen molar-refractivity contribution in [3.63, 3.8) is 0 Å². The topological polar surface area (TPSA) is 77.8 Å². The van der Waals surface area contributed by atoms with Gasteiger partial charge in [-0.2, -0.15) is 0 Å². The van der Waals surface area contributed by atoms with Crippen molar-refractivity contribution in [2.24, 2.45) is 0 Å². The van der Waals surface area contributed by atoms with E-state index in [0.29, 0.717) is 10.0 Å². The van der Waals surface area contributed by atoms with Gasteiger partial charge in [-0.3, -0.25) is 0 Å². The highest BCUT2D eigenvalue weighted by molar-refractivity contribution is 9.10. The Balaban J connectivity index is 2.96. The lowest BCUT2D eigenvalue weighted by Crippen LogP contribution is -2.25. The SMILES string of the molecule is CC(c1ccc(O)c(Br)c1)C(O)C(=O)O. The van der Waals surface area contributed by atoms with Gasteiger partial charge in [-0.05, 0) is 33.6 Å². The van der Waals surface area contributed by atoms with E-state index in [1.54, 1.807) is 19.1 Å². The molecule has 2 atom stereocenters. The Kier molecular flexibility index (Phi) is 3.71. The van der Waals surface area contributed by atoms with E-state index >= 15 is 0 Å². The molecule has 1 aromatic rings. The third kappa shape index (κ3) is 2.70. The normalized spacial score (nSPS) is 14.6. The minimum atomic E-state index is -1.44. The number of aliphatic hydroxyl groups is 1. The summed E-state index contributed by atoms with van der Waals surface area (Å²) < 4.78 is 0.476. The fraction of sp³-hybridized carbons (Fsp3) is 0.300. The minimum Gasteiger partial charge on any atom is -0.507 e. The lowest BCUT2D eigenvalue weighted by molar-refractivity contribution is -0.147. The van der Waals surface area contributed by atoms with Crippen LogP contribution in [0.2, 0.25) is 0 Å². The first kappa shape index (κ1) is 12.0. The number of aliphatic carboxylic acids is 1. The fourth-order valence-corrected chi connectivity index (χ4v) is 1.60. The maximum atomic E-state index is 10.6. The Hall–Kier alpha value is -1.07. The number of carboxylic acid groups (broad SMARTS) is 1. The zero-order valence-corrected chi connectivity index (χ0v) is 9.60. The first-order valence-corrected chi connectivity index (χ1v) is 5.12. The van der Waals surface area contributed by atoms with Crippen LogP contribution in [0.3, 0.4) is 0 Å². The maximum absolute atomic E-state index is 10.6. The summed E-state index contributed by atoms with van der Waals surface area (Å²) in [6.45, 7) is 1.61. The molecular weight excluding hydrogens is 264 g/mol. The Morgan fingerprint density at radius 3 is 2.53 bits per heavy atom. The predicted molar refractivity (Wildman–Crippen MR) is 57.9 cm³/mol. The molecule has 0 amide bonds. The van der Waals surface area contributed by atoms with Crippen molar-refractivity contribution in [3.05, 3.63) is 28.2 Å². The van der Waals surface area contributed by atoms with Gasteiger partial charge in [0.05, 0.1) is 4.47 Å². The highest BCUT2D eigenvalue weighted by Gasteiger charge is 2.23. The number of halogens is 1. The second-order valence-corrected chi connectivity index (χ2v) is 4.14. The van der Waals surface area contributed by atoms with E-state index in [1.807, 2.05) is 0 Å². The molecule has 3 N–H and O–H groups in total. The predicted octanol–water partition coefficient (Wildman–Crippen LogP) is 1.70. The fourth-order valence-electron chi connectivity index (χ4n) is 1.20. The Morgan fingerprint density at radius 1 is 1.47 bits per heavy atom. The molecule has 0 spiro atoms. The first-order valence-electron chi connectivity index (χ1n) is 4.32. The molecular formula is C10H11BrO4. The first-order chi connectivity index (χ1) is 6.93. The molecule has 0 aliphatic carbocycles. The molecule has 0 aromatic heterocycles. The van der Waals surface area contributed by atoms with Gasteiger partial charge < -0.3 is 15.3 Å². The molecule has 82 valence electrons. The number of aliphatic hydroxyl groups excluding tert-OH is 1. The van der Waals surface area contributed by atoms with Gasteiger partial charge in [0, 0.05) is 5.92 Å². The number of hydrogen-bond acceptors (Lipinski definition) is 3. The third-order valence-electron chi connectivity index (χ3n) is 2.22. The summed E-state index contributed by atoms with van der Waals surface area (Å²) in [4.78, 5) is 10.6. The summed E-state index contributed by atoms with van der Waals surface area (Å²) in [6, 6.07) is 4.62. The van der Waals surface area contributed by atoms with Crippen LogP contribution >= 0.6 is 15.9 Å². The number of phenolic OH excluding ortho intramolecular Hbond substituents is 1. The van der Waals surface area contributed by atoms with Crippen LogP contribution in [0.5, 0.6) is 5.75 Å². The van der Waals surface area contributed by atoms with Crippen LogP contribution in [0.25, 0.3) is 0 Å². The molecule has 4 nitrogen and oxygen atoms in total. The number of rotatable bonds is 3. The molecule has 0 bridgehead atoms. The molecule has 0 fully saturated rings. The second kappa shape index (κ2) is 4.63. The lowest BCUT2D eigenvalue weighted by atomic mass is 9.95. The van der Waals surface area contributed by atoms with Crippen molar-refractivity contribution in [3.8, 4) is 5.75 Å². The molecule has 2 unspecified atom stereocenters. The van der Waals surface area contributed by atoms with Gasteiger partial charge in [-0.25, -0.2) is 4.79 Å². The molecule has 1 aromatic carbocycles. The Morgan fingerprint density at radius 2 is 2.07 bits per heavy atom. The van der Waals surface area contributed by atoms with E-state index in [2.05, 4.69) is 15.9 Å². The highest BCUT2D eigenvalue weighted by Crippen LogP contribution is 2.29. The van der Waals surface area contributed by atoms with Gasteiger partial charge in [0.25, 0.3) is 0 Å². The van der Waals surface area contributed by atoms with Crippen LogP contribution in [0.4, 0.5) is 0 Å². The van der Waals surface area contributed by atoms with Gasteiger partial charge >= 0.3 is 5.97 Å². The number of hydrogen-bond donors (Lipinski definition) is 3. The van der Waals surface area contributed by atoms with E-state index in [4.69, 9.17) is 5.11 Å². The van der Waals surface area contributed by atoms with Crippen molar-refractivity contribution >= 4 is 21.9 Å². The second-order valence-electron chi connectivity index (χ2n) is 3.28.